The van der Waals surface area contributed by atoms with Gasteiger partial charge in [-0.05, 0) is 6.42 Å². The fourth-order valence-electron chi connectivity index (χ4n) is 1.11. The van der Waals surface area contributed by atoms with E-state index in [1.807, 2.05) is 0 Å². The normalized spacial score (nSPS) is 13.1. The lowest BCUT2D eigenvalue weighted by Crippen LogP contribution is -2.14. The van der Waals surface area contributed by atoms with E-state index in [0.29, 0.717) is 0 Å². The van der Waals surface area contributed by atoms with Gasteiger partial charge in [-0.15, -0.1) is 0 Å². The third-order valence-corrected chi connectivity index (χ3v) is 1.76. The number of unbranched alkanes of at least 4 members (excludes halogenated alkanes) is 1. The molecule has 0 heterocycles. The maximum absolute atomic E-state index is 9.28. The summed E-state index contributed by atoms with van der Waals surface area (Å²) in [7, 11) is 1.00. The van der Waals surface area contributed by atoms with Gasteiger partial charge in [0.05, 0.1) is 0 Å². The molecule has 60 valence electrons. The Hall–Kier alpha value is 0.0249. The molecule has 1 N–H and O–H groups in total. The van der Waals surface area contributed by atoms with Gasteiger partial charge in [-0.2, -0.15) is 0 Å². The molecule has 1 atom stereocenters. The van der Waals surface area contributed by atoms with Crippen LogP contribution in [-0.4, -0.2) is 18.4 Å². The highest BCUT2D eigenvalue weighted by atomic mass is 16.3. The predicted octanol–water partition coefficient (Wildman–Crippen LogP) is 1.76. The fraction of sp³-hybridized carbons (Fsp3) is 1.00. The molecule has 0 aromatic carbocycles. The minimum Gasteiger partial charge on any atom is -0.402 e. The van der Waals surface area contributed by atoms with Crippen molar-refractivity contribution in [1.29, 1.82) is 0 Å². The van der Waals surface area contributed by atoms with Crippen molar-refractivity contribution in [3.05, 3.63) is 0 Å². The van der Waals surface area contributed by atoms with E-state index >= 15 is 0 Å². The Morgan fingerprint density at radius 1 is 1.30 bits per heavy atom. The largest absolute Gasteiger partial charge is 0.402 e. The van der Waals surface area contributed by atoms with Crippen LogP contribution in [-0.2, 0) is 0 Å². The summed E-state index contributed by atoms with van der Waals surface area (Å²) in [6.45, 7) is 4.30. The van der Waals surface area contributed by atoms with E-state index < -0.39 is 0 Å². The Bertz CT molecular complexity index is 66.3. The second-order valence-electron chi connectivity index (χ2n) is 2.94. The molecule has 0 aliphatic carbocycles. The molecule has 2 heteroatoms. The van der Waals surface area contributed by atoms with Crippen LogP contribution >= 0.6 is 0 Å². The van der Waals surface area contributed by atoms with E-state index in [2.05, 4.69) is 13.8 Å². The average Bonchev–Trinajstić information content (AvgIpc) is 1.89. The van der Waals surface area contributed by atoms with E-state index in [1.165, 1.54) is 19.2 Å². The first kappa shape index (κ1) is 10.0. The third-order valence-electron chi connectivity index (χ3n) is 1.76. The molecule has 0 fully saturated rings. The molecule has 0 bridgehead atoms. The number of aliphatic hydroxyl groups is 1. The highest BCUT2D eigenvalue weighted by Crippen LogP contribution is 2.00. The topological polar surface area (TPSA) is 20.2 Å². The quantitative estimate of drug-likeness (QED) is 0.442. The lowest BCUT2D eigenvalue weighted by atomic mass is 9.66. The summed E-state index contributed by atoms with van der Waals surface area (Å²) < 4.78 is 0. The summed E-state index contributed by atoms with van der Waals surface area (Å²) in [6, 6.07) is -0.0310. The second kappa shape index (κ2) is 7.14. The molecule has 0 amide bonds. The molecule has 0 rings (SSSR count). The lowest BCUT2D eigenvalue weighted by Gasteiger charge is -2.05. The van der Waals surface area contributed by atoms with Gasteiger partial charge in [-0.3, -0.25) is 0 Å². The smallest absolute Gasteiger partial charge is 0.157 e. The van der Waals surface area contributed by atoms with Crippen molar-refractivity contribution in [2.45, 2.75) is 51.9 Å². The summed E-state index contributed by atoms with van der Waals surface area (Å²) in [5.74, 6) is 0. The Morgan fingerprint density at radius 3 is 2.50 bits per heavy atom. The van der Waals surface area contributed by atoms with Gasteiger partial charge in [0.1, 0.15) is 0 Å². The Labute approximate surface area is 65.1 Å². The molecule has 0 aromatic heterocycles. The predicted molar refractivity (Wildman–Crippen MR) is 47.8 cm³/mol. The van der Waals surface area contributed by atoms with Crippen LogP contribution in [0.3, 0.4) is 0 Å². The van der Waals surface area contributed by atoms with Crippen LogP contribution in [0, 0.1) is 0 Å². The minimum absolute atomic E-state index is 0.0310. The zero-order valence-electron chi connectivity index (χ0n) is 7.27. The Morgan fingerprint density at radius 2 is 2.00 bits per heavy atom. The first-order valence-corrected chi connectivity index (χ1v) is 4.49. The van der Waals surface area contributed by atoms with E-state index in [4.69, 9.17) is 0 Å². The van der Waals surface area contributed by atoms with Crippen molar-refractivity contribution >= 4 is 7.28 Å². The van der Waals surface area contributed by atoms with Crippen LogP contribution in [0.4, 0.5) is 0 Å². The van der Waals surface area contributed by atoms with Crippen LogP contribution in [0.15, 0.2) is 0 Å². The van der Waals surface area contributed by atoms with Crippen molar-refractivity contribution in [1.82, 2.24) is 0 Å². The van der Waals surface area contributed by atoms with Gasteiger partial charge in [-0.25, -0.2) is 0 Å². The second-order valence-corrected chi connectivity index (χ2v) is 2.94. The van der Waals surface area contributed by atoms with Crippen molar-refractivity contribution in [2.24, 2.45) is 0 Å². The third kappa shape index (κ3) is 6.15. The van der Waals surface area contributed by atoms with Crippen LogP contribution in [0.1, 0.15) is 39.5 Å². The Kier molecular flexibility index (Phi) is 7.15. The van der Waals surface area contributed by atoms with E-state index in [1.54, 1.807) is 0 Å². The number of aliphatic hydroxyl groups excluding tert-OH is 1. The van der Waals surface area contributed by atoms with Gasteiger partial charge in [0.15, 0.2) is 7.28 Å². The maximum Gasteiger partial charge on any atom is 0.157 e. The van der Waals surface area contributed by atoms with Crippen LogP contribution in [0.5, 0.6) is 0 Å². The zero-order chi connectivity index (χ0) is 7.82. The summed E-state index contributed by atoms with van der Waals surface area (Å²) in [6.07, 6.45) is 5.79. The monoisotopic (exact) mass is 142 g/mol. The van der Waals surface area contributed by atoms with Gasteiger partial charge >= 0.3 is 0 Å². The van der Waals surface area contributed by atoms with E-state index in [0.717, 1.165) is 20.1 Å². The molecule has 0 saturated heterocycles. The van der Waals surface area contributed by atoms with Crippen molar-refractivity contribution in [3.63, 3.8) is 0 Å². The molecule has 0 aromatic rings. The summed E-state index contributed by atoms with van der Waals surface area (Å²) in [5.41, 5.74) is 0. The van der Waals surface area contributed by atoms with Gasteiger partial charge in [0.2, 0.25) is 0 Å². The van der Waals surface area contributed by atoms with Gasteiger partial charge in [0.25, 0.3) is 0 Å². The molecule has 0 aliphatic heterocycles. The molecule has 10 heavy (non-hydrogen) atoms. The average molecular weight is 142 g/mol. The summed E-state index contributed by atoms with van der Waals surface area (Å²) >= 11 is 0. The Balaban J connectivity index is 2.97. The number of hydrogen-bond donors (Lipinski definition) is 1. The fourth-order valence-corrected chi connectivity index (χ4v) is 1.11. The molecule has 0 aliphatic rings. The van der Waals surface area contributed by atoms with E-state index in [9.17, 15) is 5.11 Å². The van der Waals surface area contributed by atoms with Gasteiger partial charge < -0.3 is 5.11 Å². The van der Waals surface area contributed by atoms with Crippen molar-refractivity contribution in [2.75, 3.05) is 0 Å². The lowest BCUT2D eigenvalue weighted by molar-refractivity contribution is 0.239. The standard InChI is InChI=1S/C8H19BO/c1-3-5-7-9-8(10)6-4-2/h8-10H,3-7H2,1-2H3. The molecule has 1 unspecified atom stereocenters. The minimum atomic E-state index is -0.0310. The highest BCUT2D eigenvalue weighted by molar-refractivity contribution is 6.36. The highest BCUT2D eigenvalue weighted by Gasteiger charge is 2.02. The molecule has 0 saturated carbocycles. The molecular formula is C8H19BO. The molecule has 0 spiro atoms. The first-order valence-electron chi connectivity index (χ1n) is 4.49. The number of hydrogen-bond acceptors (Lipinski definition) is 1. The van der Waals surface area contributed by atoms with Crippen molar-refractivity contribution < 1.29 is 5.11 Å². The van der Waals surface area contributed by atoms with E-state index in [-0.39, 0.29) is 6.00 Å². The van der Waals surface area contributed by atoms with Crippen molar-refractivity contribution in [3.8, 4) is 0 Å². The number of rotatable bonds is 6. The summed E-state index contributed by atoms with van der Waals surface area (Å²) in [5, 5.41) is 9.28. The van der Waals surface area contributed by atoms with Crippen LogP contribution in [0.2, 0.25) is 6.32 Å². The zero-order valence-corrected chi connectivity index (χ0v) is 7.27. The van der Waals surface area contributed by atoms with Crippen LogP contribution < -0.4 is 0 Å². The SMILES string of the molecule is CCCCBC(O)CCC. The summed E-state index contributed by atoms with van der Waals surface area (Å²) in [4.78, 5) is 0. The molecule has 1 nitrogen and oxygen atoms in total. The molecular weight excluding hydrogens is 123 g/mol. The van der Waals surface area contributed by atoms with Gasteiger partial charge in [0, 0.05) is 6.00 Å². The van der Waals surface area contributed by atoms with Crippen LogP contribution in [0.25, 0.3) is 0 Å². The molecule has 0 radical (unpaired) electrons. The maximum atomic E-state index is 9.28. The first-order chi connectivity index (χ1) is 4.81. The van der Waals surface area contributed by atoms with Gasteiger partial charge in [-0.1, -0.05) is 39.4 Å².